The fraction of sp³-hybridized carbons (Fsp3) is 0.120. The Morgan fingerprint density at radius 1 is 1.03 bits per heavy atom. The van der Waals surface area contributed by atoms with E-state index in [0.717, 1.165) is 0 Å². The number of ether oxygens (including phenoxy) is 1. The van der Waals surface area contributed by atoms with Crippen LogP contribution in [0.4, 0.5) is 5.69 Å². The molecule has 166 valence electrons. The van der Waals surface area contributed by atoms with E-state index in [1.165, 1.54) is 24.7 Å². The molecule has 33 heavy (non-hydrogen) atoms. The van der Waals surface area contributed by atoms with Gasteiger partial charge in [0.05, 0.1) is 11.9 Å². The number of aromatic nitrogens is 2. The Bertz CT molecular complexity index is 1400. The van der Waals surface area contributed by atoms with E-state index in [1.807, 2.05) is 0 Å². The number of anilines is 1. The maximum absolute atomic E-state index is 13.3. The molecule has 1 N–H and O–H groups in total. The molecule has 1 amide bonds. The van der Waals surface area contributed by atoms with Crippen molar-refractivity contribution in [2.24, 2.45) is 7.05 Å². The maximum atomic E-state index is 13.3. The second-order valence-electron chi connectivity index (χ2n) is 7.42. The molecule has 7 nitrogen and oxygen atoms in total. The van der Waals surface area contributed by atoms with Crippen molar-refractivity contribution in [3.63, 3.8) is 0 Å². The predicted octanol–water partition coefficient (Wildman–Crippen LogP) is 4.44. The Morgan fingerprint density at radius 2 is 1.73 bits per heavy atom. The van der Waals surface area contributed by atoms with Crippen LogP contribution >= 0.6 is 11.6 Å². The van der Waals surface area contributed by atoms with Crippen molar-refractivity contribution in [2.75, 3.05) is 5.32 Å². The zero-order valence-electron chi connectivity index (χ0n) is 17.9. The third-order valence-electron chi connectivity index (χ3n) is 5.21. The molecule has 4 rings (SSSR count). The Hall–Kier alpha value is -3.97. The molecular weight excluding hydrogens is 442 g/mol. The van der Waals surface area contributed by atoms with Crippen LogP contribution in [0, 0.1) is 0 Å². The third kappa shape index (κ3) is 4.49. The Kier molecular flexibility index (Phi) is 6.24. The molecule has 0 saturated heterocycles. The molecule has 1 atom stereocenters. The lowest BCUT2D eigenvalue weighted by molar-refractivity contribution is -0.123. The summed E-state index contributed by atoms with van der Waals surface area (Å²) >= 11 is 6.05. The van der Waals surface area contributed by atoms with Gasteiger partial charge < -0.3 is 14.6 Å². The summed E-state index contributed by atoms with van der Waals surface area (Å²) in [6.07, 6.45) is 1.95. The second kappa shape index (κ2) is 9.26. The molecule has 2 aromatic heterocycles. The molecule has 0 aliphatic rings. The Balaban J connectivity index is 1.76. The van der Waals surface area contributed by atoms with Gasteiger partial charge in [0, 0.05) is 29.2 Å². The minimum absolute atomic E-state index is 0.0436. The van der Waals surface area contributed by atoms with Crippen molar-refractivity contribution < 1.29 is 14.3 Å². The normalized spacial score (nSPS) is 11.7. The van der Waals surface area contributed by atoms with Crippen LogP contribution < -0.4 is 10.9 Å². The molecule has 2 heterocycles. The van der Waals surface area contributed by atoms with Crippen molar-refractivity contribution in [2.45, 2.75) is 13.0 Å². The summed E-state index contributed by atoms with van der Waals surface area (Å²) < 4.78 is 6.73. The lowest BCUT2D eigenvalue weighted by Gasteiger charge is -2.19. The number of pyridine rings is 2. The van der Waals surface area contributed by atoms with Gasteiger partial charge in [-0.05, 0) is 48.2 Å². The Morgan fingerprint density at radius 3 is 2.39 bits per heavy atom. The van der Waals surface area contributed by atoms with Crippen molar-refractivity contribution in [1.82, 2.24) is 9.55 Å². The Labute approximate surface area is 194 Å². The lowest BCUT2D eigenvalue weighted by atomic mass is 9.96. The summed E-state index contributed by atoms with van der Waals surface area (Å²) in [7, 11) is 1.51. The molecular formula is C25H20ClN3O4. The molecule has 0 radical (unpaired) electrons. The number of hydrogen-bond donors (Lipinski definition) is 1. The van der Waals surface area contributed by atoms with Crippen LogP contribution in [0.2, 0.25) is 5.02 Å². The van der Waals surface area contributed by atoms with E-state index >= 15 is 0 Å². The molecule has 0 spiro atoms. The highest BCUT2D eigenvalue weighted by Gasteiger charge is 2.26. The van der Waals surface area contributed by atoms with Crippen LogP contribution in [0.15, 0.2) is 77.9 Å². The van der Waals surface area contributed by atoms with Crippen LogP contribution in [0.25, 0.3) is 21.9 Å². The van der Waals surface area contributed by atoms with Gasteiger partial charge in [-0.25, -0.2) is 4.79 Å². The third-order valence-corrected chi connectivity index (χ3v) is 5.46. The van der Waals surface area contributed by atoms with E-state index in [4.69, 9.17) is 16.3 Å². The van der Waals surface area contributed by atoms with Gasteiger partial charge in [-0.1, -0.05) is 41.9 Å². The van der Waals surface area contributed by atoms with Gasteiger partial charge in [0.2, 0.25) is 0 Å². The van der Waals surface area contributed by atoms with Crippen LogP contribution in [-0.2, 0) is 16.6 Å². The monoisotopic (exact) mass is 461 g/mol. The van der Waals surface area contributed by atoms with Crippen LogP contribution in [0.5, 0.6) is 0 Å². The molecule has 2 aromatic carbocycles. The number of benzene rings is 2. The first-order valence-electron chi connectivity index (χ1n) is 10.2. The van der Waals surface area contributed by atoms with Crippen molar-refractivity contribution in [3.05, 3.63) is 94.1 Å². The number of halogens is 1. The number of nitrogens with zero attached hydrogens (tertiary/aromatic N) is 2. The number of nitrogens with one attached hydrogen (secondary N) is 1. The van der Waals surface area contributed by atoms with Gasteiger partial charge in [0.25, 0.3) is 11.5 Å². The van der Waals surface area contributed by atoms with Gasteiger partial charge >= 0.3 is 5.97 Å². The van der Waals surface area contributed by atoms with Crippen molar-refractivity contribution in [3.8, 4) is 11.1 Å². The summed E-state index contributed by atoms with van der Waals surface area (Å²) in [5, 5.41) is 4.25. The van der Waals surface area contributed by atoms with E-state index in [1.54, 1.807) is 66.9 Å². The molecule has 0 aliphatic heterocycles. The fourth-order valence-corrected chi connectivity index (χ4v) is 3.69. The van der Waals surface area contributed by atoms with E-state index in [2.05, 4.69) is 10.3 Å². The van der Waals surface area contributed by atoms with Gasteiger partial charge in [0.1, 0.15) is 5.69 Å². The first kappa shape index (κ1) is 22.2. The minimum atomic E-state index is -1.11. The van der Waals surface area contributed by atoms with Crippen LogP contribution in [0.1, 0.15) is 17.4 Å². The topological polar surface area (TPSA) is 90.3 Å². The standard InChI is InChI=1S/C25H20ClN3O4/c1-15(23(30)28-18-6-5-13-27-14-18)33-25(32)22-21(16-9-11-17(26)12-10-16)19-7-3-4-8-20(19)24(31)29(22)2/h3-15H,1-2H3,(H,28,30). The highest BCUT2D eigenvalue weighted by Crippen LogP contribution is 2.32. The number of carbonyl (C=O) groups is 2. The number of hydrogen-bond acceptors (Lipinski definition) is 5. The number of esters is 1. The first-order valence-corrected chi connectivity index (χ1v) is 10.5. The van der Waals surface area contributed by atoms with Gasteiger partial charge in [-0.15, -0.1) is 0 Å². The summed E-state index contributed by atoms with van der Waals surface area (Å²) in [6.45, 7) is 1.46. The minimum Gasteiger partial charge on any atom is -0.448 e. The summed E-state index contributed by atoms with van der Waals surface area (Å²) in [5.41, 5.74) is 1.38. The van der Waals surface area contributed by atoms with Crippen LogP contribution in [-0.4, -0.2) is 27.5 Å². The highest BCUT2D eigenvalue weighted by atomic mass is 35.5. The van der Waals surface area contributed by atoms with Gasteiger partial charge in [-0.2, -0.15) is 0 Å². The average Bonchev–Trinajstić information content (AvgIpc) is 2.82. The number of rotatable bonds is 5. The van der Waals surface area contributed by atoms with Gasteiger partial charge in [-0.3, -0.25) is 14.6 Å². The SMILES string of the molecule is CC(OC(=O)c1c(-c2ccc(Cl)cc2)c2ccccc2c(=O)n1C)C(=O)Nc1cccnc1. The smallest absolute Gasteiger partial charge is 0.356 e. The fourth-order valence-electron chi connectivity index (χ4n) is 3.56. The quantitative estimate of drug-likeness (QED) is 0.444. The molecule has 0 saturated carbocycles. The highest BCUT2D eigenvalue weighted by molar-refractivity contribution is 6.30. The average molecular weight is 462 g/mol. The summed E-state index contributed by atoms with van der Waals surface area (Å²) in [6, 6.07) is 17.3. The number of carbonyl (C=O) groups excluding carboxylic acids is 2. The molecule has 8 heteroatoms. The van der Waals surface area contributed by atoms with Gasteiger partial charge in [0.15, 0.2) is 6.10 Å². The van der Waals surface area contributed by atoms with Crippen molar-refractivity contribution >= 4 is 39.9 Å². The molecule has 1 unspecified atom stereocenters. The molecule has 0 fully saturated rings. The zero-order chi connectivity index (χ0) is 23.5. The lowest BCUT2D eigenvalue weighted by Crippen LogP contribution is -2.32. The molecule has 0 bridgehead atoms. The summed E-state index contributed by atoms with van der Waals surface area (Å²) in [4.78, 5) is 42.8. The number of amides is 1. The maximum Gasteiger partial charge on any atom is 0.356 e. The second-order valence-corrected chi connectivity index (χ2v) is 7.86. The van der Waals surface area contributed by atoms with E-state index in [9.17, 15) is 14.4 Å². The zero-order valence-corrected chi connectivity index (χ0v) is 18.7. The van der Waals surface area contributed by atoms with E-state index in [0.29, 0.717) is 32.6 Å². The van der Waals surface area contributed by atoms with Crippen molar-refractivity contribution in [1.29, 1.82) is 0 Å². The molecule has 4 aromatic rings. The van der Waals surface area contributed by atoms with Crippen LogP contribution in [0.3, 0.4) is 0 Å². The largest absolute Gasteiger partial charge is 0.448 e. The van der Waals surface area contributed by atoms with E-state index in [-0.39, 0.29) is 11.3 Å². The first-order chi connectivity index (χ1) is 15.9. The number of fused-ring (bicyclic) bond motifs is 1. The predicted molar refractivity (Wildman–Crippen MR) is 127 cm³/mol. The molecule has 0 aliphatic carbocycles. The summed E-state index contributed by atoms with van der Waals surface area (Å²) in [5.74, 6) is -1.31. The van der Waals surface area contributed by atoms with E-state index < -0.39 is 18.0 Å².